The summed E-state index contributed by atoms with van der Waals surface area (Å²) in [7, 11) is 2.02. The fraction of sp³-hybridized carbons (Fsp3) is 0.846. The number of ether oxygens (including phenoxy) is 1. The van der Waals surface area contributed by atoms with E-state index in [1.165, 1.54) is 0 Å². The lowest BCUT2D eigenvalue weighted by molar-refractivity contribution is -0.151. The summed E-state index contributed by atoms with van der Waals surface area (Å²) in [5.41, 5.74) is 0. The van der Waals surface area contributed by atoms with Crippen molar-refractivity contribution in [2.75, 3.05) is 20.1 Å². The molecule has 0 bridgehead atoms. The highest BCUT2D eigenvalue weighted by Gasteiger charge is 2.34. The van der Waals surface area contributed by atoms with E-state index >= 15 is 0 Å². The number of carboxylic acid groups (broad SMARTS) is 1. The largest absolute Gasteiger partial charge is 0.479 e. The molecule has 0 aromatic rings. The van der Waals surface area contributed by atoms with Gasteiger partial charge in [0.25, 0.3) is 0 Å². The van der Waals surface area contributed by atoms with Crippen LogP contribution in [0.2, 0.25) is 0 Å². The van der Waals surface area contributed by atoms with E-state index in [9.17, 15) is 9.59 Å². The Morgan fingerprint density at radius 3 is 2.58 bits per heavy atom. The highest BCUT2D eigenvalue weighted by molar-refractivity contribution is 5.82. The topological polar surface area (TPSA) is 78.9 Å². The summed E-state index contributed by atoms with van der Waals surface area (Å²) in [6.07, 6.45) is 0.495. The summed E-state index contributed by atoms with van der Waals surface area (Å²) < 4.78 is 5.19. The third-order valence-corrected chi connectivity index (χ3v) is 3.69. The Bertz CT molecular complexity index is 322. The molecule has 110 valence electrons. The van der Waals surface area contributed by atoms with Gasteiger partial charge in [-0.1, -0.05) is 6.92 Å². The molecule has 1 heterocycles. The normalized spacial score (nSPS) is 24.4. The second-order valence-corrected chi connectivity index (χ2v) is 5.06. The number of rotatable bonds is 7. The van der Waals surface area contributed by atoms with Crippen LogP contribution in [0.25, 0.3) is 0 Å². The molecule has 6 heteroatoms. The van der Waals surface area contributed by atoms with Crippen LogP contribution in [-0.4, -0.2) is 60.3 Å². The van der Waals surface area contributed by atoms with Gasteiger partial charge in [-0.3, -0.25) is 4.79 Å². The monoisotopic (exact) mass is 272 g/mol. The number of likely N-dealkylation sites (N-methyl/N-ethyl adjacent to an activating group) is 1. The SMILES string of the molecule is CCC(C)N(C)CCNC(=O)C1CCC(C(=O)O)O1. The molecule has 1 rings (SSSR count). The van der Waals surface area contributed by atoms with Gasteiger partial charge >= 0.3 is 5.97 Å². The van der Waals surface area contributed by atoms with Crippen molar-refractivity contribution in [3.8, 4) is 0 Å². The number of aliphatic carboxylic acids is 1. The first-order chi connectivity index (χ1) is 8.95. The average molecular weight is 272 g/mol. The van der Waals surface area contributed by atoms with E-state index in [0.29, 0.717) is 25.4 Å². The number of carbonyl (C=O) groups is 2. The maximum atomic E-state index is 11.8. The van der Waals surface area contributed by atoms with Gasteiger partial charge in [0.05, 0.1) is 0 Å². The summed E-state index contributed by atoms with van der Waals surface area (Å²) in [4.78, 5) is 24.7. The molecule has 19 heavy (non-hydrogen) atoms. The standard InChI is InChI=1S/C13H24N2O4/c1-4-9(2)15(3)8-7-14-12(16)10-5-6-11(19-10)13(17)18/h9-11H,4-8H2,1-3H3,(H,14,16)(H,17,18). The van der Waals surface area contributed by atoms with Gasteiger partial charge in [-0.2, -0.15) is 0 Å². The van der Waals surface area contributed by atoms with E-state index in [0.717, 1.165) is 13.0 Å². The van der Waals surface area contributed by atoms with Crippen molar-refractivity contribution in [3.63, 3.8) is 0 Å². The summed E-state index contributed by atoms with van der Waals surface area (Å²) >= 11 is 0. The van der Waals surface area contributed by atoms with Crippen LogP contribution < -0.4 is 5.32 Å². The van der Waals surface area contributed by atoms with Gasteiger partial charge in [-0.15, -0.1) is 0 Å². The first-order valence-electron chi connectivity index (χ1n) is 6.82. The van der Waals surface area contributed by atoms with Gasteiger partial charge in [-0.25, -0.2) is 4.79 Å². The van der Waals surface area contributed by atoms with Gasteiger partial charge in [0.15, 0.2) is 6.10 Å². The van der Waals surface area contributed by atoms with E-state index in [1.807, 2.05) is 7.05 Å². The lowest BCUT2D eigenvalue weighted by Crippen LogP contribution is -2.41. The molecular weight excluding hydrogens is 248 g/mol. The molecule has 0 aliphatic carbocycles. The second kappa shape index (κ2) is 7.45. The number of hydrogen-bond donors (Lipinski definition) is 2. The zero-order valence-corrected chi connectivity index (χ0v) is 11.9. The Balaban J connectivity index is 2.24. The Morgan fingerprint density at radius 1 is 1.42 bits per heavy atom. The molecule has 0 aromatic heterocycles. The third kappa shape index (κ3) is 4.80. The van der Waals surface area contributed by atoms with Crippen LogP contribution in [0.4, 0.5) is 0 Å². The molecule has 0 radical (unpaired) electrons. The van der Waals surface area contributed by atoms with Crippen molar-refractivity contribution in [2.24, 2.45) is 0 Å². The van der Waals surface area contributed by atoms with E-state index in [1.54, 1.807) is 0 Å². The van der Waals surface area contributed by atoms with Gasteiger partial charge in [0.2, 0.25) is 5.91 Å². The fourth-order valence-electron chi connectivity index (χ4n) is 2.01. The molecule has 3 unspecified atom stereocenters. The minimum absolute atomic E-state index is 0.207. The molecule has 0 aromatic carbocycles. The molecule has 2 N–H and O–H groups in total. The molecule has 1 saturated heterocycles. The van der Waals surface area contributed by atoms with E-state index in [4.69, 9.17) is 9.84 Å². The van der Waals surface area contributed by atoms with Crippen LogP contribution >= 0.6 is 0 Å². The van der Waals surface area contributed by atoms with Crippen molar-refractivity contribution >= 4 is 11.9 Å². The minimum Gasteiger partial charge on any atom is -0.479 e. The summed E-state index contributed by atoms with van der Waals surface area (Å²) in [5.74, 6) is -1.20. The van der Waals surface area contributed by atoms with Crippen LogP contribution in [-0.2, 0) is 14.3 Å². The zero-order valence-electron chi connectivity index (χ0n) is 11.9. The fourth-order valence-corrected chi connectivity index (χ4v) is 2.01. The average Bonchev–Trinajstić information content (AvgIpc) is 2.87. The number of carboxylic acids is 1. The van der Waals surface area contributed by atoms with Gasteiger partial charge < -0.3 is 20.1 Å². The quantitative estimate of drug-likeness (QED) is 0.704. The first kappa shape index (κ1) is 15.9. The molecule has 6 nitrogen and oxygen atoms in total. The number of nitrogens with one attached hydrogen (secondary N) is 1. The van der Waals surface area contributed by atoms with Crippen LogP contribution in [0.1, 0.15) is 33.1 Å². The summed E-state index contributed by atoms with van der Waals surface area (Å²) in [5, 5.41) is 11.6. The Kier molecular flexibility index (Phi) is 6.24. The van der Waals surface area contributed by atoms with E-state index < -0.39 is 18.2 Å². The van der Waals surface area contributed by atoms with Crippen LogP contribution in [0.3, 0.4) is 0 Å². The number of hydrogen-bond acceptors (Lipinski definition) is 4. The molecule has 1 amide bonds. The summed E-state index contributed by atoms with van der Waals surface area (Å²) in [6, 6.07) is 0.482. The highest BCUT2D eigenvalue weighted by Crippen LogP contribution is 2.19. The van der Waals surface area contributed by atoms with Crippen molar-refractivity contribution in [2.45, 2.75) is 51.4 Å². The maximum Gasteiger partial charge on any atom is 0.332 e. The van der Waals surface area contributed by atoms with E-state index in [-0.39, 0.29) is 5.91 Å². The van der Waals surface area contributed by atoms with Crippen LogP contribution in [0.15, 0.2) is 0 Å². The van der Waals surface area contributed by atoms with Crippen LogP contribution in [0.5, 0.6) is 0 Å². The summed E-state index contributed by atoms with van der Waals surface area (Å²) in [6.45, 7) is 5.59. The number of amides is 1. The van der Waals surface area contributed by atoms with Gasteiger partial charge in [0.1, 0.15) is 6.10 Å². The minimum atomic E-state index is -0.994. The van der Waals surface area contributed by atoms with Crippen molar-refractivity contribution in [3.05, 3.63) is 0 Å². The van der Waals surface area contributed by atoms with Crippen molar-refractivity contribution in [1.82, 2.24) is 10.2 Å². The maximum absolute atomic E-state index is 11.8. The molecular formula is C13H24N2O4. The second-order valence-electron chi connectivity index (χ2n) is 5.06. The molecule has 1 aliphatic rings. The number of carbonyl (C=O) groups excluding carboxylic acids is 1. The predicted molar refractivity (Wildman–Crippen MR) is 70.9 cm³/mol. The Labute approximate surface area is 114 Å². The predicted octanol–water partition coefficient (Wildman–Crippen LogP) is 0.465. The van der Waals surface area contributed by atoms with Gasteiger partial charge in [0, 0.05) is 19.1 Å². The zero-order chi connectivity index (χ0) is 14.4. The Morgan fingerprint density at radius 2 is 2.05 bits per heavy atom. The number of nitrogens with zero attached hydrogens (tertiary/aromatic N) is 1. The molecule has 0 saturated carbocycles. The molecule has 3 atom stereocenters. The molecule has 0 spiro atoms. The van der Waals surface area contributed by atoms with E-state index in [2.05, 4.69) is 24.1 Å². The lowest BCUT2D eigenvalue weighted by atomic mass is 10.2. The van der Waals surface area contributed by atoms with Crippen LogP contribution in [0, 0.1) is 0 Å². The Hall–Kier alpha value is -1.14. The first-order valence-corrected chi connectivity index (χ1v) is 6.82. The van der Waals surface area contributed by atoms with Gasteiger partial charge in [-0.05, 0) is 33.2 Å². The highest BCUT2D eigenvalue weighted by atomic mass is 16.5. The lowest BCUT2D eigenvalue weighted by Gasteiger charge is -2.23. The van der Waals surface area contributed by atoms with Crippen molar-refractivity contribution in [1.29, 1.82) is 0 Å². The molecule has 1 aliphatic heterocycles. The smallest absolute Gasteiger partial charge is 0.332 e. The molecule has 1 fully saturated rings. The van der Waals surface area contributed by atoms with Crippen molar-refractivity contribution < 1.29 is 19.4 Å². The third-order valence-electron chi connectivity index (χ3n) is 3.69.